The van der Waals surface area contributed by atoms with E-state index in [1.807, 2.05) is 35.3 Å². The average Bonchev–Trinajstić information content (AvgIpc) is 3.00. The molecule has 0 aliphatic rings. The molecule has 0 amide bonds. The minimum Gasteiger partial charge on any atom is -0.330 e. The second-order valence-corrected chi connectivity index (χ2v) is 5.71. The molecule has 3 nitrogen and oxygen atoms in total. The van der Waals surface area contributed by atoms with Gasteiger partial charge in [-0.25, -0.2) is 4.68 Å². The monoisotopic (exact) mass is 341 g/mol. The number of aromatic nitrogens is 2. The zero-order chi connectivity index (χ0) is 14.7. The summed E-state index contributed by atoms with van der Waals surface area (Å²) in [5.41, 5.74) is 10.1. The van der Waals surface area contributed by atoms with Crippen molar-refractivity contribution < 1.29 is 0 Å². The topological polar surface area (TPSA) is 43.8 Å². The largest absolute Gasteiger partial charge is 0.330 e. The fourth-order valence-corrected chi connectivity index (χ4v) is 2.85. The van der Waals surface area contributed by atoms with E-state index in [0.717, 1.165) is 22.1 Å². The van der Waals surface area contributed by atoms with Crippen LogP contribution in [-0.4, -0.2) is 16.3 Å². The zero-order valence-corrected chi connectivity index (χ0v) is 13.1. The molecule has 0 aliphatic heterocycles. The summed E-state index contributed by atoms with van der Waals surface area (Å²) in [5, 5.41) is 4.45. The Morgan fingerprint density at radius 3 is 2.57 bits per heavy atom. The number of rotatable bonds is 4. The first-order valence-corrected chi connectivity index (χ1v) is 7.66. The molecule has 0 atom stereocenters. The summed E-state index contributed by atoms with van der Waals surface area (Å²) in [6.07, 6.45) is 4.80. The smallest absolute Gasteiger partial charge is 0.0657 e. The first-order valence-electron chi connectivity index (χ1n) is 6.87. The van der Waals surface area contributed by atoms with E-state index >= 15 is 0 Å². The van der Waals surface area contributed by atoms with Gasteiger partial charge in [-0.1, -0.05) is 52.3 Å². The summed E-state index contributed by atoms with van der Waals surface area (Å²) >= 11 is 3.60. The maximum Gasteiger partial charge on any atom is 0.0657 e. The fourth-order valence-electron chi connectivity index (χ4n) is 2.28. The number of benzene rings is 2. The molecule has 3 aromatic rings. The van der Waals surface area contributed by atoms with Gasteiger partial charge in [0.15, 0.2) is 0 Å². The maximum absolute atomic E-state index is 5.61. The molecule has 21 heavy (non-hydrogen) atoms. The lowest BCUT2D eigenvalue weighted by molar-refractivity contribution is 0.876. The molecule has 0 fully saturated rings. The summed E-state index contributed by atoms with van der Waals surface area (Å²) in [4.78, 5) is 0. The highest BCUT2D eigenvalue weighted by molar-refractivity contribution is 9.10. The van der Waals surface area contributed by atoms with E-state index in [1.54, 1.807) is 0 Å². The molecule has 0 bridgehead atoms. The molecule has 0 saturated heterocycles. The number of halogens is 1. The highest BCUT2D eigenvalue weighted by Gasteiger charge is 2.05. The van der Waals surface area contributed by atoms with Gasteiger partial charge in [0.2, 0.25) is 0 Å². The Kier molecular flexibility index (Phi) is 4.18. The number of hydrogen-bond donors (Lipinski definition) is 1. The van der Waals surface area contributed by atoms with Gasteiger partial charge in [-0.3, -0.25) is 0 Å². The van der Waals surface area contributed by atoms with E-state index in [9.17, 15) is 0 Å². The molecular weight excluding hydrogens is 326 g/mol. The second-order valence-electron chi connectivity index (χ2n) is 4.85. The van der Waals surface area contributed by atoms with Crippen molar-refractivity contribution in [2.24, 2.45) is 5.73 Å². The maximum atomic E-state index is 5.61. The molecule has 0 radical (unpaired) electrons. The Morgan fingerprint density at radius 2 is 1.86 bits per heavy atom. The van der Waals surface area contributed by atoms with Crippen LogP contribution in [0.2, 0.25) is 0 Å². The lowest BCUT2D eigenvalue weighted by Gasteiger charge is -2.06. The van der Waals surface area contributed by atoms with Crippen molar-refractivity contribution in [1.29, 1.82) is 0 Å². The first-order chi connectivity index (χ1) is 10.3. The quantitative estimate of drug-likeness (QED) is 0.784. The van der Waals surface area contributed by atoms with E-state index in [-0.39, 0.29) is 0 Å². The molecule has 4 heteroatoms. The van der Waals surface area contributed by atoms with Crippen molar-refractivity contribution in [3.63, 3.8) is 0 Å². The van der Waals surface area contributed by atoms with Crippen LogP contribution < -0.4 is 5.73 Å². The summed E-state index contributed by atoms with van der Waals surface area (Å²) in [5.74, 6) is 0. The minimum atomic E-state index is 0.651. The molecule has 0 aliphatic carbocycles. The van der Waals surface area contributed by atoms with Gasteiger partial charge in [-0.15, -0.1) is 0 Å². The SMILES string of the molecule is NCCc1ccc(-n2cc(-c3ccccc3)cn2)cc1Br. The average molecular weight is 342 g/mol. The Hall–Kier alpha value is -1.91. The highest BCUT2D eigenvalue weighted by Crippen LogP contribution is 2.23. The lowest BCUT2D eigenvalue weighted by atomic mass is 10.1. The molecule has 2 aromatic carbocycles. The summed E-state index contributed by atoms with van der Waals surface area (Å²) in [6.45, 7) is 0.651. The predicted octanol–water partition coefficient (Wildman–Crippen LogP) is 3.80. The molecule has 0 unspecified atom stereocenters. The van der Waals surface area contributed by atoms with Crippen LogP contribution in [0.3, 0.4) is 0 Å². The molecule has 0 saturated carbocycles. The summed E-state index contributed by atoms with van der Waals surface area (Å²) < 4.78 is 2.96. The molecular formula is C17H16BrN3. The van der Waals surface area contributed by atoms with Crippen molar-refractivity contribution in [3.8, 4) is 16.8 Å². The zero-order valence-electron chi connectivity index (χ0n) is 11.5. The standard InChI is InChI=1S/C17H16BrN3/c18-17-10-16(7-6-14(17)8-9-19)21-12-15(11-20-21)13-4-2-1-3-5-13/h1-7,10-12H,8-9,19H2. The van der Waals surface area contributed by atoms with Crippen LogP contribution in [-0.2, 0) is 6.42 Å². The van der Waals surface area contributed by atoms with E-state index in [0.29, 0.717) is 6.54 Å². The van der Waals surface area contributed by atoms with Gasteiger partial charge < -0.3 is 5.73 Å². The number of nitrogens with two attached hydrogens (primary N) is 1. The van der Waals surface area contributed by atoms with Crippen molar-refractivity contribution in [1.82, 2.24) is 9.78 Å². The molecule has 2 N–H and O–H groups in total. The Labute approximate surface area is 132 Å². The predicted molar refractivity (Wildman–Crippen MR) is 89.5 cm³/mol. The molecule has 3 rings (SSSR count). The van der Waals surface area contributed by atoms with Crippen LogP contribution in [0.15, 0.2) is 65.4 Å². The van der Waals surface area contributed by atoms with Gasteiger partial charge >= 0.3 is 0 Å². The van der Waals surface area contributed by atoms with Crippen molar-refractivity contribution in [2.75, 3.05) is 6.54 Å². The summed E-state index contributed by atoms with van der Waals surface area (Å²) in [6, 6.07) is 16.5. The van der Waals surface area contributed by atoms with Gasteiger partial charge in [0.25, 0.3) is 0 Å². The van der Waals surface area contributed by atoms with Crippen molar-refractivity contribution in [2.45, 2.75) is 6.42 Å². The third-order valence-electron chi connectivity index (χ3n) is 3.40. The second kappa shape index (κ2) is 6.24. The molecule has 1 aromatic heterocycles. The Bertz CT molecular complexity index is 735. The van der Waals surface area contributed by atoms with E-state index < -0.39 is 0 Å². The Morgan fingerprint density at radius 1 is 1.05 bits per heavy atom. The fraction of sp³-hybridized carbons (Fsp3) is 0.118. The van der Waals surface area contributed by atoms with Crippen LogP contribution in [0.25, 0.3) is 16.8 Å². The van der Waals surface area contributed by atoms with Crippen molar-refractivity contribution in [3.05, 3.63) is 71.0 Å². The third kappa shape index (κ3) is 3.06. The van der Waals surface area contributed by atoms with Gasteiger partial charge in [0.05, 0.1) is 11.9 Å². The molecule has 1 heterocycles. The van der Waals surface area contributed by atoms with Gasteiger partial charge in [-0.2, -0.15) is 5.10 Å². The first kappa shape index (κ1) is 14.0. The van der Waals surface area contributed by atoms with Crippen LogP contribution in [0.1, 0.15) is 5.56 Å². The van der Waals surface area contributed by atoms with E-state index in [2.05, 4.69) is 51.4 Å². The minimum absolute atomic E-state index is 0.651. The number of nitrogens with zero attached hydrogens (tertiary/aromatic N) is 2. The number of hydrogen-bond acceptors (Lipinski definition) is 2. The van der Waals surface area contributed by atoms with E-state index in [4.69, 9.17) is 5.73 Å². The molecule has 106 valence electrons. The third-order valence-corrected chi connectivity index (χ3v) is 4.14. The van der Waals surface area contributed by atoms with Crippen LogP contribution >= 0.6 is 15.9 Å². The van der Waals surface area contributed by atoms with Crippen LogP contribution in [0.4, 0.5) is 0 Å². The highest BCUT2D eigenvalue weighted by atomic mass is 79.9. The lowest BCUT2D eigenvalue weighted by Crippen LogP contribution is -2.04. The molecule has 0 spiro atoms. The summed E-state index contributed by atoms with van der Waals surface area (Å²) in [7, 11) is 0. The normalized spacial score (nSPS) is 10.8. The van der Waals surface area contributed by atoms with Crippen molar-refractivity contribution >= 4 is 15.9 Å². The van der Waals surface area contributed by atoms with Gasteiger partial charge in [0, 0.05) is 16.2 Å². The van der Waals surface area contributed by atoms with Crippen LogP contribution in [0, 0.1) is 0 Å². The van der Waals surface area contributed by atoms with Gasteiger partial charge in [0.1, 0.15) is 0 Å². The Balaban J connectivity index is 1.91. The van der Waals surface area contributed by atoms with Gasteiger partial charge in [-0.05, 0) is 36.2 Å². The van der Waals surface area contributed by atoms with E-state index in [1.165, 1.54) is 11.1 Å². The van der Waals surface area contributed by atoms with Crippen LogP contribution in [0.5, 0.6) is 0 Å².